The fraction of sp³-hybridized carbons (Fsp3) is 0.357. The van der Waals surface area contributed by atoms with Crippen molar-refractivity contribution in [2.45, 2.75) is 19.4 Å². The van der Waals surface area contributed by atoms with Gasteiger partial charge in [-0.1, -0.05) is 23.7 Å². The van der Waals surface area contributed by atoms with Gasteiger partial charge in [-0.15, -0.1) is 0 Å². The molecule has 2 N–H and O–H groups in total. The summed E-state index contributed by atoms with van der Waals surface area (Å²) in [6.07, 6.45) is 0.419. The number of nitrogens with one attached hydrogen (secondary N) is 1. The lowest BCUT2D eigenvalue weighted by atomic mass is 10.1. The summed E-state index contributed by atoms with van der Waals surface area (Å²) in [5.41, 5.74) is 0.590. The zero-order valence-electron chi connectivity index (χ0n) is 11.4. The fourth-order valence-corrected chi connectivity index (χ4v) is 2.37. The van der Waals surface area contributed by atoms with Gasteiger partial charge >= 0.3 is 5.97 Å². The molecule has 0 aliphatic carbocycles. The second-order valence-corrected chi connectivity index (χ2v) is 5.26. The van der Waals surface area contributed by atoms with Crippen LogP contribution in [0.3, 0.4) is 0 Å². The number of rotatable bonds is 4. The monoisotopic (exact) mass is 310 g/mol. The van der Waals surface area contributed by atoms with E-state index in [1.165, 1.54) is 11.8 Å². The van der Waals surface area contributed by atoms with Gasteiger partial charge in [0.05, 0.1) is 10.7 Å². The molecular weight excluding hydrogens is 296 g/mol. The summed E-state index contributed by atoms with van der Waals surface area (Å²) in [4.78, 5) is 36.3. The van der Waals surface area contributed by atoms with Crippen molar-refractivity contribution in [1.29, 1.82) is 0 Å². The number of carboxylic acid groups (broad SMARTS) is 1. The molecule has 1 heterocycles. The summed E-state index contributed by atoms with van der Waals surface area (Å²) in [5.74, 6) is -3.36. The van der Waals surface area contributed by atoms with Gasteiger partial charge in [-0.05, 0) is 25.5 Å². The first-order valence-electron chi connectivity index (χ1n) is 6.51. The van der Waals surface area contributed by atoms with Gasteiger partial charge in [-0.3, -0.25) is 14.4 Å². The number of anilines is 1. The Morgan fingerprint density at radius 1 is 1.43 bits per heavy atom. The molecule has 0 bridgehead atoms. The van der Waals surface area contributed by atoms with E-state index in [2.05, 4.69) is 5.32 Å². The molecule has 7 heteroatoms. The lowest BCUT2D eigenvalue weighted by Crippen LogP contribution is -2.45. The van der Waals surface area contributed by atoms with Gasteiger partial charge in [-0.25, -0.2) is 0 Å². The van der Waals surface area contributed by atoms with E-state index in [0.29, 0.717) is 23.7 Å². The molecule has 112 valence electrons. The Morgan fingerprint density at radius 3 is 2.71 bits per heavy atom. The van der Waals surface area contributed by atoms with E-state index in [4.69, 9.17) is 16.7 Å². The number of hydrogen-bond acceptors (Lipinski definition) is 3. The minimum Gasteiger partial charge on any atom is -0.481 e. The molecule has 1 aliphatic rings. The van der Waals surface area contributed by atoms with Crippen LogP contribution in [-0.2, 0) is 14.4 Å². The third-order valence-electron chi connectivity index (χ3n) is 3.43. The normalized spacial score (nSPS) is 19.4. The predicted molar refractivity (Wildman–Crippen MR) is 77.2 cm³/mol. The number of halogens is 1. The van der Waals surface area contributed by atoms with Crippen LogP contribution in [0.1, 0.15) is 13.3 Å². The summed E-state index contributed by atoms with van der Waals surface area (Å²) in [6.45, 7) is 1.71. The van der Waals surface area contributed by atoms with Crippen molar-refractivity contribution >= 4 is 35.1 Å². The second-order valence-electron chi connectivity index (χ2n) is 4.85. The Balaban J connectivity index is 2.07. The molecule has 2 rings (SSSR count). The van der Waals surface area contributed by atoms with Crippen LogP contribution in [0.5, 0.6) is 0 Å². The van der Waals surface area contributed by atoms with E-state index in [-0.39, 0.29) is 5.91 Å². The highest BCUT2D eigenvalue weighted by Gasteiger charge is 2.35. The molecule has 0 radical (unpaired) electrons. The third-order valence-corrected chi connectivity index (χ3v) is 3.75. The van der Waals surface area contributed by atoms with Crippen molar-refractivity contribution < 1.29 is 19.5 Å². The number of amides is 2. The Bertz CT molecular complexity index is 590. The molecule has 1 fully saturated rings. The Labute approximate surface area is 126 Å². The first-order chi connectivity index (χ1) is 9.91. The maximum absolute atomic E-state index is 12.3. The van der Waals surface area contributed by atoms with E-state index in [9.17, 15) is 14.4 Å². The summed E-state index contributed by atoms with van der Waals surface area (Å²) in [6, 6.07) is 6.23. The molecule has 2 unspecified atom stereocenters. The highest BCUT2D eigenvalue weighted by Crippen LogP contribution is 2.29. The largest absolute Gasteiger partial charge is 0.481 e. The number of aliphatic carboxylic acids is 1. The number of carbonyl (C=O) groups is 3. The highest BCUT2D eigenvalue weighted by molar-refractivity contribution is 6.34. The van der Waals surface area contributed by atoms with Gasteiger partial charge in [0.15, 0.2) is 0 Å². The fourth-order valence-electron chi connectivity index (χ4n) is 2.13. The minimum atomic E-state index is -1.22. The molecule has 1 aliphatic heterocycles. The number of carboxylic acids is 1. The second kappa shape index (κ2) is 6.13. The van der Waals surface area contributed by atoms with Crippen LogP contribution in [0.2, 0.25) is 5.02 Å². The lowest BCUT2D eigenvalue weighted by molar-refractivity contribution is -0.146. The Morgan fingerprint density at radius 2 is 2.10 bits per heavy atom. The van der Waals surface area contributed by atoms with Gasteiger partial charge in [0, 0.05) is 6.54 Å². The molecule has 21 heavy (non-hydrogen) atoms. The number of hydrogen-bond donors (Lipinski definition) is 2. The van der Waals surface area contributed by atoms with Crippen LogP contribution in [0, 0.1) is 5.92 Å². The van der Waals surface area contributed by atoms with Gasteiger partial charge in [0.1, 0.15) is 12.0 Å². The topological polar surface area (TPSA) is 86.7 Å². The molecule has 2 atom stereocenters. The van der Waals surface area contributed by atoms with Gasteiger partial charge in [0.2, 0.25) is 11.8 Å². The van der Waals surface area contributed by atoms with E-state index in [1.807, 2.05) is 0 Å². The van der Waals surface area contributed by atoms with Crippen LogP contribution in [-0.4, -0.2) is 35.5 Å². The molecule has 1 aromatic rings. The van der Waals surface area contributed by atoms with Gasteiger partial charge < -0.3 is 15.3 Å². The Kier molecular flexibility index (Phi) is 4.47. The summed E-state index contributed by atoms with van der Waals surface area (Å²) >= 11 is 6.06. The van der Waals surface area contributed by atoms with Crippen LogP contribution in [0.4, 0.5) is 5.69 Å². The van der Waals surface area contributed by atoms with Crippen LogP contribution < -0.4 is 10.2 Å². The molecular formula is C14H15ClN2O4. The summed E-state index contributed by atoms with van der Waals surface area (Å²) in [7, 11) is 0. The first-order valence-corrected chi connectivity index (χ1v) is 6.88. The number of carbonyl (C=O) groups excluding carboxylic acids is 2. The van der Waals surface area contributed by atoms with Crippen LogP contribution in [0.15, 0.2) is 24.3 Å². The highest BCUT2D eigenvalue weighted by atomic mass is 35.5. The van der Waals surface area contributed by atoms with E-state index in [1.54, 1.807) is 24.3 Å². The number of para-hydroxylation sites is 1. The van der Waals surface area contributed by atoms with Crippen molar-refractivity contribution in [2.75, 3.05) is 11.4 Å². The summed E-state index contributed by atoms with van der Waals surface area (Å²) in [5, 5.41) is 11.7. The van der Waals surface area contributed by atoms with Crippen LogP contribution >= 0.6 is 11.6 Å². The first kappa shape index (κ1) is 15.3. The molecule has 0 spiro atoms. The quantitative estimate of drug-likeness (QED) is 0.820. The molecule has 1 aromatic carbocycles. The zero-order valence-corrected chi connectivity index (χ0v) is 12.1. The maximum atomic E-state index is 12.3. The van der Waals surface area contributed by atoms with E-state index >= 15 is 0 Å². The smallest absolute Gasteiger partial charge is 0.315 e. The van der Waals surface area contributed by atoms with Crippen LogP contribution in [0.25, 0.3) is 0 Å². The molecule has 2 amide bonds. The van der Waals surface area contributed by atoms with E-state index in [0.717, 1.165) is 0 Å². The average Bonchev–Trinajstić information content (AvgIpc) is 2.80. The molecule has 0 saturated carbocycles. The molecule has 6 nitrogen and oxygen atoms in total. The number of nitrogens with zero attached hydrogens (tertiary/aromatic N) is 1. The van der Waals surface area contributed by atoms with Crippen molar-refractivity contribution in [2.24, 2.45) is 5.92 Å². The molecule has 0 aromatic heterocycles. The van der Waals surface area contributed by atoms with Gasteiger partial charge in [-0.2, -0.15) is 0 Å². The standard InChI is InChI=1S/C14H15ClN2O4/c1-8(14(20)21)12(18)16-10-6-7-17(13(10)19)11-5-3-2-4-9(11)15/h2-5,8,10H,6-7H2,1H3,(H,16,18)(H,20,21). The molecule has 1 saturated heterocycles. The Hall–Kier alpha value is -2.08. The maximum Gasteiger partial charge on any atom is 0.315 e. The van der Waals surface area contributed by atoms with E-state index < -0.39 is 23.8 Å². The van der Waals surface area contributed by atoms with Crippen molar-refractivity contribution in [3.63, 3.8) is 0 Å². The average molecular weight is 311 g/mol. The third kappa shape index (κ3) is 3.16. The zero-order chi connectivity index (χ0) is 15.6. The van der Waals surface area contributed by atoms with Crippen molar-refractivity contribution in [3.8, 4) is 0 Å². The van der Waals surface area contributed by atoms with Gasteiger partial charge in [0.25, 0.3) is 0 Å². The van der Waals surface area contributed by atoms with Crippen molar-refractivity contribution in [3.05, 3.63) is 29.3 Å². The summed E-state index contributed by atoms with van der Waals surface area (Å²) < 4.78 is 0. The predicted octanol–water partition coefficient (Wildman–Crippen LogP) is 1.28. The minimum absolute atomic E-state index is 0.283. The number of benzene rings is 1. The SMILES string of the molecule is CC(C(=O)O)C(=O)NC1CCN(c2ccccc2Cl)C1=O. The van der Waals surface area contributed by atoms with Crippen molar-refractivity contribution in [1.82, 2.24) is 5.32 Å². The lowest BCUT2D eigenvalue weighted by Gasteiger charge is -2.18.